The predicted octanol–water partition coefficient (Wildman–Crippen LogP) is 2.39. The molecule has 2 N–H and O–H groups in total. The minimum absolute atomic E-state index is 0.129. The van der Waals surface area contributed by atoms with Crippen LogP contribution in [0.4, 0.5) is 5.69 Å². The highest BCUT2D eigenvalue weighted by Gasteiger charge is 2.04. The van der Waals surface area contributed by atoms with E-state index >= 15 is 0 Å². The van der Waals surface area contributed by atoms with Crippen molar-refractivity contribution in [2.75, 3.05) is 12.3 Å². The molecular weight excluding hydrogens is 242 g/mol. The molecule has 0 bridgehead atoms. The number of hydrogen-bond donors (Lipinski definition) is 1. The van der Waals surface area contributed by atoms with Crippen LogP contribution in [0.25, 0.3) is 0 Å². The van der Waals surface area contributed by atoms with Gasteiger partial charge >= 0.3 is 5.97 Å². The number of benzene rings is 2. The molecule has 0 radical (unpaired) electrons. The molecule has 0 fully saturated rings. The molecule has 0 saturated carbocycles. The highest BCUT2D eigenvalue weighted by molar-refractivity contribution is 5.71. The summed E-state index contributed by atoms with van der Waals surface area (Å²) in [7, 11) is 0. The van der Waals surface area contributed by atoms with E-state index < -0.39 is 5.97 Å². The van der Waals surface area contributed by atoms with Crippen LogP contribution in [0.3, 0.4) is 0 Å². The molecule has 2 aromatic rings. The Balaban J connectivity index is 1.76. The maximum Gasteiger partial charge on any atom is 0.344 e. The molecular formula is C15H15NO3. The van der Waals surface area contributed by atoms with Crippen molar-refractivity contribution in [3.05, 3.63) is 60.2 Å². The number of carbonyl (C=O) groups excluding carboxylic acids is 1. The molecule has 2 aromatic carbocycles. The fraction of sp³-hybridized carbons (Fsp3) is 0.133. The molecule has 0 atom stereocenters. The Morgan fingerprint density at radius 2 is 1.84 bits per heavy atom. The summed E-state index contributed by atoms with van der Waals surface area (Å²) in [6, 6.07) is 16.4. The molecule has 0 aliphatic heterocycles. The quantitative estimate of drug-likeness (QED) is 0.660. The third-order valence-corrected chi connectivity index (χ3v) is 2.46. The molecule has 0 unspecified atom stereocenters. The molecule has 4 heteroatoms. The van der Waals surface area contributed by atoms with E-state index in [1.165, 1.54) is 0 Å². The van der Waals surface area contributed by atoms with Gasteiger partial charge in [0.2, 0.25) is 0 Å². The summed E-state index contributed by atoms with van der Waals surface area (Å²) in [6.07, 6.45) is 0. The van der Waals surface area contributed by atoms with Crippen molar-refractivity contribution in [1.29, 1.82) is 0 Å². The summed E-state index contributed by atoms with van der Waals surface area (Å²) in [5.41, 5.74) is 7.14. The lowest BCUT2D eigenvalue weighted by molar-refractivity contribution is -0.147. The lowest BCUT2D eigenvalue weighted by atomic mass is 10.2. The Labute approximate surface area is 111 Å². The zero-order valence-corrected chi connectivity index (χ0v) is 10.4. The largest absolute Gasteiger partial charge is 0.482 e. The lowest BCUT2D eigenvalue weighted by Crippen LogP contribution is -2.14. The molecule has 19 heavy (non-hydrogen) atoms. The summed E-state index contributed by atoms with van der Waals surface area (Å²) in [4.78, 5) is 11.5. The first-order valence-corrected chi connectivity index (χ1v) is 5.92. The Kier molecular flexibility index (Phi) is 4.39. The van der Waals surface area contributed by atoms with E-state index in [-0.39, 0.29) is 13.2 Å². The topological polar surface area (TPSA) is 61.5 Å². The monoisotopic (exact) mass is 257 g/mol. The van der Waals surface area contributed by atoms with Crippen molar-refractivity contribution >= 4 is 11.7 Å². The number of hydrogen-bond acceptors (Lipinski definition) is 4. The minimum atomic E-state index is -0.411. The normalized spacial score (nSPS) is 9.89. The van der Waals surface area contributed by atoms with Crippen LogP contribution in [-0.4, -0.2) is 12.6 Å². The Morgan fingerprint density at radius 1 is 1.05 bits per heavy atom. The first-order valence-electron chi connectivity index (χ1n) is 5.92. The van der Waals surface area contributed by atoms with E-state index in [0.29, 0.717) is 11.4 Å². The zero-order chi connectivity index (χ0) is 13.5. The molecule has 0 aliphatic rings. The Morgan fingerprint density at radius 3 is 2.58 bits per heavy atom. The maximum absolute atomic E-state index is 11.5. The van der Waals surface area contributed by atoms with Gasteiger partial charge in [-0.3, -0.25) is 0 Å². The third kappa shape index (κ3) is 4.35. The van der Waals surface area contributed by atoms with Gasteiger partial charge in [-0.1, -0.05) is 36.4 Å². The second-order valence-electron chi connectivity index (χ2n) is 4.01. The van der Waals surface area contributed by atoms with Gasteiger partial charge < -0.3 is 15.2 Å². The zero-order valence-electron chi connectivity index (χ0n) is 10.4. The van der Waals surface area contributed by atoms with Gasteiger partial charge in [0.05, 0.1) is 0 Å². The van der Waals surface area contributed by atoms with Gasteiger partial charge in [-0.05, 0) is 17.7 Å². The van der Waals surface area contributed by atoms with Crippen LogP contribution in [0.15, 0.2) is 54.6 Å². The number of esters is 1. The molecule has 0 spiro atoms. The molecule has 0 aliphatic carbocycles. The summed E-state index contributed by atoms with van der Waals surface area (Å²) in [6.45, 7) is 0.121. The third-order valence-electron chi connectivity index (χ3n) is 2.46. The van der Waals surface area contributed by atoms with Crippen LogP contribution >= 0.6 is 0 Å². The van der Waals surface area contributed by atoms with Crippen LogP contribution in [0, 0.1) is 0 Å². The fourth-order valence-corrected chi connectivity index (χ4v) is 1.53. The van der Waals surface area contributed by atoms with Crippen LogP contribution in [0.5, 0.6) is 5.75 Å². The second kappa shape index (κ2) is 6.44. The first kappa shape index (κ1) is 13.0. The van der Waals surface area contributed by atoms with Gasteiger partial charge in [-0.2, -0.15) is 0 Å². The molecule has 2 rings (SSSR count). The molecule has 0 saturated heterocycles. The van der Waals surface area contributed by atoms with Crippen molar-refractivity contribution in [3.63, 3.8) is 0 Å². The Bertz CT molecular complexity index is 540. The van der Waals surface area contributed by atoms with Crippen molar-refractivity contribution in [2.24, 2.45) is 0 Å². The highest BCUT2D eigenvalue weighted by atomic mass is 16.6. The molecule has 0 aromatic heterocycles. The van der Waals surface area contributed by atoms with Gasteiger partial charge in [-0.15, -0.1) is 0 Å². The fourth-order valence-electron chi connectivity index (χ4n) is 1.53. The summed E-state index contributed by atoms with van der Waals surface area (Å²) in [5, 5.41) is 0. The average molecular weight is 257 g/mol. The van der Waals surface area contributed by atoms with Gasteiger partial charge in [0.15, 0.2) is 6.61 Å². The second-order valence-corrected chi connectivity index (χ2v) is 4.01. The van der Waals surface area contributed by atoms with Crippen LogP contribution in [-0.2, 0) is 16.1 Å². The Hall–Kier alpha value is -2.49. The molecule has 0 amide bonds. The summed E-state index contributed by atoms with van der Waals surface area (Å²) < 4.78 is 10.4. The van der Waals surface area contributed by atoms with Crippen LogP contribution < -0.4 is 10.5 Å². The molecule has 4 nitrogen and oxygen atoms in total. The van der Waals surface area contributed by atoms with Gasteiger partial charge in [-0.25, -0.2) is 4.79 Å². The average Bonchev–Trinajstić information content (AvgIpc) is 2.44. The van der Waals surface area contributed by atoms with Gasteiger partial charge in [0.25, 0.3) is 0 Å². The summed E-state index contributed by atoms with van der Waals surface area (Å²) >= 11 is 0. The van der Waals surface area contributed by atoms with Gasteiger partial charge in [0, 0.05) is 11.8 Å². The first-order chi connectivity index (χ1) is 9.24. The molecule has 98 valence electrons. The van der Waals surface area contributed by atoms with Crippen LogP contribution in [0.1, 0.15) is 5.56 Å². The number of nitrogens with two attached hydrogens (primary N) is 1. The predicted molar refractivity (Wildman–Crippen MR) is 72.6 cm³/mol. The van der Waals surface area contributed by atoms with E-state index in [0.717, 1.165) is 5.56 Å². The van der Waals surface area contributed by atoms with Crippen molar-refractivity contribution in [2.45, 2.75) is 6.61 Å². The number of anilines is 1. The lowest BCUT2D eigenvalue weighted by Gasteiger charge is -2.07. The minimum Gasteiger partial charge on any atom is -0.482 e. The number of ether oxygens (including phenoxy) is 2. The maximum atomic E-state index is 11.5. The van der Waals surface area contributed by atoms with E-state index in [1.807, 2.05) is 30.3 Å². The number of nitrogen functional groups attached to an aromatic ring is 1. The van der Waals surface area contributed by atoms with E-state index in [1.54, 1.807) is 24.3 Å². The van der Waals surface area contributed by atoms with Crippen molar-refractivity contribution in [3.8, 4) is 5.75 Å². The standard InChI is InChI=1S/C15H15NO3/c16-13-7-4-8-14(9-13)18-11-15(17)19-10-12-5-2-1-3-6-12/h1-9H,10-11,16H2. The number of carbonyl (C=O) groups is 1. The van der Waals surface area contributed by atoms with Crippen molar-refractivity contribution in [1.82, 2.24) is 0 Å². The van der Waals surface area contributed by atoms with E-state index in [9.17, 15) is 4.79 Å². The van der Waals surface area contributed by atoms with Crippen molar-refractivity contribution < 1.29 is 14.3 Å². The molecule has 0 heterocycles. The van der Waals surface area contributed by atoms with Crippen LogP contribution in [0.2, 0.25) is 0 Å². The van der Waals surface area contributed by atoms with Gasteiger partial charge in [0.1, 0.15) is 12.4 Å². The van der Waals surface area contributed by atoms with E-state index in [4.69, 9.17) is 15.2 Å². The smallest absolute Gasteiger partial charge is 0.344 e. The number of rotatable bonds is 5. The summed E-state index contributed by atoms with van der Waals surface area (Å²) in [5.74, 6) is 0.142. The highest BCUT2D eigenvalue weighted by Crippen LogP contribution is 2.14. The SMILES string of the molecule is Nc1cccc(OCC(=O)OCc2ccccc2)c1. The van der Waals surface area contributed by atoms with E-state index in [2.05, 4.69) is 0 Å².